The zero-order valence-electron chi connectivity index (χ0n) is 13.8. The van der Waals surface area contributed by atoms with E-state index in [1.807, 2.05) is 12.1 Å². The van der Waals surface area contributed by atoms with E-state index in [9.17, 15) is 14.3 Å². The number of rotatable bonds is 5. The number of amides is 1. The van der Waals surface area contributed by atoms with Crippen LogP contribution >= 0.6 is 0 Å². The third-order valence-corrected chi connectivity index (χ3v) is 4.28. The van der Waals surface area contributed by atoms with E-state index in [0.29, 0.717) is 12.1 Å². The Labute approximate surface area is 145 Å². The lowest BCUT2D eigenvalue weighted by Gasteiger charge is -2.33. The second kappa shape index (κ2) is 8.02. The Kier molecular flexibility index (Phi) is 5.55. The van der Waals surface area contributed by atoms with Crippen LogP contribution in [-0.4, -0.2) is 40.3 Å². The van der Waals surface area contributed by atoms with Crippen molar-refractivity contribution in [3.8, 4) is 0 Å². The quantitative estimate of drug-likeness (QED) is 0.865. The molecule has 3 rings (SSSR count). The molecule has 1 saturated heterocycles. The van der Waals surface area contributed by atoms with Gasteiger partial charge >= 0.3 is 0 Å². The first-order valence-electron chi connectivity index (χ1n) is 8.37. The number of benzene rings is 1. The minimum absolute atomic E-state index is 0.0111. The molecule has 0 aliphatic carbocycles. The summed E-state index contributed by atoms with van der Waals surface area (Å²) in [5.41, 5.74) is 0.403. The van der Waals surface area contributed by atoms with E-state index in [-0.39, 0.29) is 18.4 Å². The van der Waals surface area contributed by atoms with Gasteiger partial charge in [0.2, 0.25) is 5.91 Å². The molecule has 132 valence electrons. The Morgan fingerprint density at radius 3 is 3.04 bits per heavy atom. The predicted octanol–water partition coefficient (Wildman–Crippen LogP) is 1.82. The van der Waals surface area contributed by atoms with Crippen LogP contribution in [0, 0.1) is 5.82 Å². The first-order chi connectivity index (χ1) is 12.1. The highest BCUT2D eigenvalue weighted by Gasteiger charge is 2.23. The average molecular weight is 344 g/mol. The van der Waals surface area contributed by atoms with Gasteiger partial charge in [-0.1, -0.05) is 12.1 Å². The lowest BCUT2D eigenvalue weighted by atomic mass is 10.0. The van der Waals surface area contributed by atoms with E-state index >= 15 is 0 Å². The summed E-state index contributed by atoms with van der Waals surface area (Å²) in [6.45, 7) is 1.53. The molecule has 0 saturated carbocycles. The third-order valence-electron chi connectivity index (χ3n) is 4.28. The molecule has 0 radical (unpaired) electrons. The number of nitrogens with one attached hydrogen (secondary N) is 1. The number of halogens is 1. The van der Waals surface area contributed by atoms with E-state index in [4.69, 9.17) is 0 Å². The minimum Gasteiger partial charge on any atom is -0.388 e. The van der Waals surface area contributed by atoms with Gasteiger partial charge in [0.25, 0.3) is 0 Å². The Hall–Kier alpha value is -2.54. The van der Waals surface area contributed by atoms with Crippen LogP contribution in [0.3, 0.4) is 0 Å². The van der Waals surface area contributed by atoms with Gasteiger partial charge in [0.05, 0.1) is 12.5 Å². The Bertz CT molecular complexity index is 713. The highest BCUT2D eigenvalue weighted by atomic mass is 19.1. The molecule has 1 aromatic carbocycles. The fraction of sp³-hybridized carbons (Fsp3) is 0.389. The molecule has 0 spiro atoms. The van der Waals surface area contributed by atoms with E-state index in [1.165, 1.54) is 18.2 Å². The monoisotopic (exact) mass is 344 g/mol. The summed E-state index contributed by atoms with van der Waals surface area (Å²) in [5, 5.41) is 21.1. The van der Waals surface area contributed by atoms with E-state index < -0.39 is 11.9 Å². The average Bonchev–Trinajstić information content (AvgIpc) is 2.62. The topological polar surface area (TPSA) is 78.4 Å². The molecule has 6 nitrogen and oxygen atoms in total. The van der Waals surface area contributed by atoms with Crippen LogP contribution < -0.4 is 10.2 Å². The van der Waals surface area contributed by atoms with Gasteiger partial charge in [-0.05, 0) is 42.7 Å². The lowest BCUT2D eigenvalue weighted by molar-refractivity contribution is -0.123. The molecule has 2 N–H and O–H groups in total. The molecule has 2 heterocycles. The molecule has 1 amide bonds. The summed E-state index contributed by atoms with van der Waals surface area (Å²) in [4.78, 5) is 14.3. The molecule has 1 aliphatic rings. The van der Waals surface area contributed by atoms with Crippen molar-refractivity contribution in [2.75, 3.05) is 18.0 Å². The zero-order valence-corrected chi connectivity index (χ0v) is 13.8. The van der Waals surface area contributed by atoms with E-state index in [0.717, 1.165) is 25.2 Å². The summed E-state index contributed by atoms with van der Waals surface area (Å²) < 4.78 is 13.2. The van der Waals surface area contributed by atoms with Crippen LogP contribution in [0.5, 0.6) is 0 Å². The summed E-state index contributed by atoms with van der Waals surface area (Å²) in [5.74, 6) is 0.118. The normalized spacial score (nSPS) is 18.6. The van der Waals surface area contributed by atoms with Gasteiger partial charge in [-0.2, -0.15) is 5.10 Å². The second-order valence-electron chi connectivity index (χ2n) is 6.21. The van der Waals surface area contributed by atoms with Crippen LogP contribution in [0.1, 0.15) is 30.9 Å². The van der Waals surface area contributed by atoms with Crippen molar-refractivity contribution in [1.29, 1.82) is 0 Å². The van der Waals surface area contributed by atoms with Crippen LogP contribution in [0.25, 0.3) is 0 Å². The predicted molar refractivity (Wildman–Crippen MR) is 91.4 cm³/mol. The fourth-order valence-corrected chi connectivity index (χ4v) is 3.06. The number of piperidine rings is 1. The SMILES string of the molecule is O=C(CC(O)c1cccc(F)c1)NC1CCCN(c2cccnn2)C1. The van der Waals surface area contributed by atoms with E-state index in [2.05, 4.69) is 20.4 Å². The van der Waals surface area contributed by atoms with Crippen LogP contribution in [0.4, 0.5) is 10.2 Å². The Morgan fingerprint density at radius 2 is 2.28 bits per heavy atom. The highest BCUT2D eigenvalue weighted by molar-refractivity contribution is 5.77. The van der Waals surface area contributed by atoms with Gasteiger partial charge in [0.1, 0.15) is 5.82 Å². The number of carbonyl (C=O) groups is 1. The summed E-state index contributed by atoms with van der Waals surface area (Å²) in [7, 11) is 0. The second-order valence-corrected chi connectivity index (χ2v) is 6.21. The zero-order chi connectivity index (χ0) is 17.6. The molecule has 1 fully saturated rings. The smallest absolute Gasteiger partial charge is 0.223 e. The van der Waals surface area contributed by atoms with Gasteiger partial charge < -0.3 is 15.3 Å². The van der Waals surface area contributed by atoms with Crippen molar-refractivity contribution in [2.45, 2.75) is 31.4 Å². The van der Waals surface area contributed by atoms with Crippen molar-refractivity contribution in [3.05, 3.63) is 54.0 Å². The minimum atomic E-state index is -1.02. The van der Waals surface area contributed by atoms with Crippen LogP contribution in [0.2, 0.25) is 0 Å². The number of aliphatic hydroxyl groups is 1. The molecule has 25 heavy (non-hydrogen) atoms. The number of anilines is 1. The third kappa shape index (κ3) is 4.73. The number of aromatic nitrogens is 2. The summed E-state index contributed by atoms with van der Waals surface area (Å²) >= 11 is 0. The van der Waals surface area contributed by atoms with Crippen molar-refractivity contribution >= 4 is 11.7 Å². The maximum Gasteiger partial charge on any atom is 0.223 e. The van der Waals surface area contributed by atoms with E-state index in [1.54, 1.807) is 12.3 Å². The largest absolute Gasteiger partial charge is 0.388 e. The van der Waals surface area contributed by atoms with Crippen molar-refractivity contribution < 1.29 is 14.3 Å². The molecule has 1 aromatic heterocycles. The van der Waals surface area contributed by atoms with Crippen LogP contribution in [-0.2, 0) is 4.79 Å². The number of hydrogen-bond donors (Lipinski definition) is 2. The van der Waals surface area contributed by atoms with Gasteiger partial charge in [-0.25, -0.2) is 4.39 Å². The molecule has 2 aromatic rings. The van der Waals surface area contributed by atoms with Crippen molar-refractivity contribution in [1.82, 2.24) is 15.5 Å². The highest BCUT2D eigenvalue weighted by Crippen LogP contribution is 2.19. The first-order valence-corrected chi connectivity index (χ1v) is 8.37. The Balaban J connectivity index is 1.54. The molecule has 7 heteroatoms. The molecule has 1 aliphatic heterocycles. The maximum atomic E-state index is 13.2. The lowest BCUT2D eigenvalue weighted by Crippen LogP contribution is -2.48. The van der Waals surface area contributed by atoms with Crippen LogP contribution in [0.15, 0.2) is 42.6 Å². The summed E-state index contributed by atoms with van der Waals surface area (Å²) in [6, 6.07) is 9.39. The number of nitrogens with zero attached hydrogens (tertiary/aromatic N) is 3. The number of hydrogen-bond acceptors (Lipinski definition) is 5. The standard InChI is InChI=1S/C18H21FN4O2/c19-14-5-1-4-13(10-14)16(24)11-18(25)21-15-6-3-9-23(12-15)17-7-2-8-20-22-17/h1-2,4-5,7-8,10,15-16,24H,3,6,9,11-12H2,(H,21,25). The molecule has 2 atom stereocenters. The number of aliphatic hydroxyl groups excluding tert-OH is 1. The molecular formula is C18H21FN4O2. The Morgan fingerprint density at radius 1 is 1.40 bits per heavy atom. The van der Waals surface area contributed by atoms with Gasteiger partial charge in [0.15, 0.2) is 5.82 Å². The van der Waals surface area contributed by atoms with Crippen molar-refractivity contribution in [3.63, 3.8) is 0 Å². The van der Waals surface area contributed by atoms with Gasteiger partial charge in [0, 0.05) is 25.3 Å². The maximum absolute atomic E-state index is 13.2. The summed E-state index contributed by atoms with van der Waals surface area (Å²) in [6.07, 6.45) is 2.33. The van der Waals surface area contributed by atoms with Crippen molar-refractivity contribution in [2.24, 2.45) is 0 Å². The van der Waals surface area contributed by atoms with Gasteiger partial charge in [-0.3, -0.25) is 4.79 Å². The number of carbonyl (C=O) groups excluding carboxylic acids is 1. The first kappa shape index (κ1) is 17.3. The molecule has 2 unspecified atom stereocenters. The molecule has 0 bridgehead atoms. The molecular weight excluding hydrogens is 323 g/mol. The fourth-order valence-electron chi connectivity index (χ4n) is 3.06. The van der Waals surface area contributed by atoms with Gasteiger partial charge in [-0.15, -0.1) is 5.10 Å².